The monoisotopic (exact) mass is 291 g/mol. The number of hydrogen-bond acceptors (Lipinski definition) is 4. The predicted octanol–water partition coefficient (Wildman–Crippen LogP) is 2.84. The molecule has 2 atom stereocenters. The lowest BCUT2D eigenvalue weighted by Crippen LogP contribution is -2.51. The van der Waals surface area contributed by atoms with Gasteiger partial charge < -0.3 is 14.8 Å². The maximum Gasteiger partial charge on any atom is 0.326 e. The van der Waals surface area contributed by atoms with Gasteiger partial charge in [0.25, 0.3) is 0 Å². The molecule has 21 heavy (non-hydrogen) atoms. The van der Waals surface area contributed by atoms with E-state index in [0.717, 1.165) is 25.1 Å². The van der Waals surface area contributed by atoms with Crippen LogP contribution in [0.1, 0.15) is 38.7 Å². The lowest BCUT2D eigenvalue weighted by atomic mass is 9.97. The molecule has 4 nitrogen and oxygen atoms in total. The van der Waals surface area contributed by atoms with Crippen LogP contribution in [0.5, 0.6) is 5.75 Å². The second-order valence-corrected chi connectivity index (χ2v) is 5.63. The maximum absolute atomic E-state index is 12.3. The SMILES string of the molecule is CCNC1(C(=O)OCC)CCC(Oc2ccc(C)cc2)C1. The van der Waals surface area contributed by atoms with Crippen LogP contribution >= 0.6 is 0 Å². The van der Waals surface area contributed by atoms with Gasteiger partial charge in [0.15, 0.2) is 0 Å². The van der Waals surface area contributed by atoms with E-state index >= 15 is 0 Å². The van der Waals surface area contributed by atoms with Crippen LogP contribution in [0, 0.1) is 6.92 Å². The highest BCUT2D eigenvalue weighted by Gasteiger charge is 2.46. The number of esters is 1. The first-order valence-corrected chi connectivity index (χ1v) is 7.75. The largest absolute Gasteiger partial charge is 0.490 e. The number of hydrogen-bond donors (Lipinski definition) is 1. The average Bonchev–Trinajstić information content (AvgIpc) is 2.86. The molecule has 0 bridgehead atoms. The van der Waals surface area contributed by atoms with E-state index in [-0.39, 0.29) is 12.1 Å². The summed E-state index contributed by atoms with van der Waals surface area (Å²) in [6.07, 6.45) is 2.33. The molecule has 1 saturated carbocycles. The number of carbonyl (C=O) groups is 1. The van der Waals surface area contributed by atoms with Crippen LogP contribution in [0.15, 0.2) is 24.3 Å². The molecule has 0 heterocycles. The highest BCUT2D eigenvalue weighted by molar-refractivity contribution is 5.81. The van der Waals surface area contributed by atoms with Gasteiger partial charge in [-0.15, -0.1) is 0 Å². The van der Waals surface area contributed by atoms with Gasteiger partial charge in [0.05, 0.1) is 6.61 Å². The highest BCUT2D eigenvalue weighted by Crippen LogP contribution is 2.34. The first-order chi connectivity index (χ1) is 10.1. The van der Waals surface area contributed by atoms with Crippen molar-refractivity contribution in [2.45, 2.75) is 51.7 Å². The Bertz CT molecular complexity index is 471. The van der Waals surface area contributed by atoms with Crippen LogP contribution in [0.25, 0.3) is 0 Å². The van der Waals surface area contributed by atoms with Crippen LogP contribution in [0.4, 0.5) is 0 Å². The van der Waals surface area contributed by atoms with Crippen LogP contribution in [-0.4, -0.2) is 30.8 Å². The molecular weight excluding hydrogens is 266 g/mol. The van der Waals surface area contributed by atoms with Crippen molar-refractivity contribution in [1.29, 1.82) is 0 Å². The molecule has 1 N–H and O–H groups in total. The summed E-state index contributed by atoms with van der Waals surface area (Å²) in [4.78, 5) is 12.3. The van der Waals surface area contributed by atoms with Crippen LogP contribution in [-0.2, 0) is 9.53 Å². The Kier molecular flexibility index (Phi) is 5.23. The van der Waals surface area contributed by atoms with Gasteiger partial charge in [0.1, 0.15) is 17.4 Å². The fourth-order valence-electron chi connectivity index (χ4n) is 2.94. The molecule has 0 spiro atoms. The lowest BCUT2D eigenvalue weighted by Gasteiger charge is -2.27. The third-order valence-corrected chi connectivity index (χ3v) is 3.97. The molecule has 1 aromatic carbocycles. The van der Waals surface area contributed by atoms with E-state index in [9.17, 15) is 4.79 Å². The predicted molar refractivity (Wildman–Crippen MR) is 82.5 cm³/mol. The summed E-state index contributed by atoms with van der Waals surface area (Å²) in [5.41, 5.74) is 0.627. The Morgan fingerprint density at radius 2 is 2.05 bits per heavy atom. The molecule has 0 saturated heterocycles. The lowest BCUT2D eigenvalue weighted by molar-refractivity contribution is -0.151. The zero-order chi connectivity index (χ0) is 15.3. The van der Waals surface area contributed by atoms with Crippen LogP contribution in [0.2, 0.25) is 0 Å². The zero-order valence-electron chi connectivity index (χ0n) is 13.1. The van der Waals surface area contributed by atoms with E-state index in [1.54, 1.807) is 0 Å². The van der Waals surface area contributed by atoms with E-state index < -0.39 is 5.54 Å². The molecule has 2 unspecified atom stereocenters. The average molecular weight is 291 g/mol. The number of nitrogens with one attached hydrogen (secondary N) is 1. The van der Waals surface area contributed by atoms with E-state index in [1.165, 1.54) is 5.56 Å². The second kappa shape index (κ2) is 6.94. The first kappa shape index (κ1) is 15.8. The van der Waals surface area contributed by atoms with Crippen molar-refractivity contribution in [3.05, 3.63) is 29.8 Å². The molecule has 116 valence electrons. The number of ether oxygens (including phenoxy) is 2. The minimum atomic E-state index is -0.583. The normalized spacial score (nSPS) is 24.8. The molecule has 1 aliphatic rings. The van der Waals surface area contributed by atoms with E-state index in [0.29, 0.717) is 13.0 Å². The molecule has 0 radical (unpaired) electrons. The van der Waals surface area contributed by atoms with Crippen molar-refractivity contribution < 1.29 is 14.3 Å². The number of rotatable bonds is 6. The van der Waals surface area contributed by atoms with Crippen molar-refractivity contribution in [2.75, 3.05) is 13.2 Å². The molecule has 1 fully saturated rings. The molecule has 0 aromatic heterocycles. The summed E-state index contributed by atoms with van der Waals surface area (Å²) in [5, 5.41) is 3.31. The third-order valence-electron chi connectivity index (χ3n) is 3.97. The van der Waals surface area contributed by atoms with Gasteiger partial charge >= 0.3 is 5.97 Å². The molecule has 2 rings (SSSR count). The summed E-state index contributed by atoms with van der Waals surface area (Å²) in [7, 11) is 0. The molecule has 1 aromatic rings. The minimum absolute atomic E-state index is 0.0520. The summed E-state index contributed by atoms with van der Waals surface area (Å²) < 4.78 is 11.3. The highest BCUT2D eigenvalue weighted by atomic mass is 16.5. The summed E-state index contributed by atoms with van der Waals surface area (Å²) >= 11 is 0. The number of benzene rings is 1. The number of aryl methyl sites for hydroxylation is 1. The van der Waals surface area contributed by atoms with Gasteiger partial charge in [-0.3, -0.25) is 4.79 Å². The van der Waals surface area contributed by atoms with Gasteiger partial charge in [0.2, 0.25) is 0 Å². The van der Waals surface area contributed by atoms with Crippen molar-refractivity contribution in [3.8, 4) is 5.75 Å². The van der Waals surface area contributed by atoms with E-state index in [4.69, 9.17) is 9.47 Å². The van der Waals surface area contributed by atoms with Gasteiger partial charge in [-0.25, -0.2) is 0 Å². The molecule has 0 amide bonds. The van der Waals surface area contributed by atoms with Gasteiger partial charge in [0, 0.05) is 6.42 Å². The quantitative estimate of drug-likeness (QED) is 0.819. The van der Waals surface area contributed by atoms with Gasteiger partial charge in [-0.05, 0) is 45.4 Å². The summed E-state index contributed by atoms with van der Waals surface area (Å²) in [5.74, 6) is 0.712. The summed E-state index contributed by atoms with van der Waals surface area (Å²) in [6.45, 7) is 7.06. The second-order valence-electron chi connectivity index (χ2n) is 5.63. The Balaban J connectivity index is 2.02. The van der Waals surface area contributed by atoms with Gasteiger partial charge in [-0.2, -0.15) is 0 Å². The maximum atomic E-state index is 12.3. The minimum Gasteiger partial charge on any atom is -0.490 e. The first-order valence-electron chi connectivity index (χ1n) is 7.75. The molecule has 0 aliphatic heterocycles. The Morgan fingerprint density at radius 1 is 1.33 bits per heavy atom. The van der Waals surface area contributed by atoms with Crippen molar-refractivity contribution in [1.82, 2.24) is 5.32 Å². The van der Waals surface area contributed by atoms with Crippen LogP contribution in [0.3, 0.4) is 0 Å². The molecular formula is C17H25NO3. The number of likely N-dealkylation sites (N-methyl/N-ethyl adjacent to an activating group) is 1. The van der Waals surface area contributed by atoms with E-state index in [1.807, 2.05) is 38.1 Å². The van der Waals surface area contributed by atoms with Crippen molar-refractivity contribution >= 4 is 5.97 Å². The zero-order valence-corrected chi connectivity index (χ0v) is 13.1. The Morgan fingerprint density at radius 3 is 2.67 bits per heavy atom. The Labute approximate surface area is 126 Å². The fourth-order valence-corrected chi connectivity index (χ4v) is 2.94. The standard InChI is InChI=1S/C17H25NO3/c1-4-18-17(16(19)20-5-2)11-10-15(12-17)21-14-8-6-13(3)7-9-14/h6-9,15,18H,4-5,10-12H2,1-3H3. The smallest absolute Gasteiger partial charge is 0.326 e. The topological polar surface area (TPSA) is 47.6 Å². The van der Waals surface area contributed by atoms with Crippen molar-refractivity contribution in [3.63, 3.8) is 0 Å². The summed E-state index contributed by atoms with van der Waals surface area (Å²) in [6, 6.07) is 8.03. The molecule has 1 aliphatic carbocycles. The number of carbonyl (C=O) groups excluding carboxylic acids is 1. The molecule has 4 heteroatoms. The van der Waals surface area contributed by atoms with Gasteiger partial charge in [-0.1, -0.05) is 24.6 Å². The Hall–Kier alpha value is -1.55. The van der Waals surface area contributed by atoms with Crippen molar-refractivity contribution in [2.24, 2.45) is 0 Å². The van der Waals surface area contributed by atoms with Crippen LogP contribution < -0.4 is 10.1 Å². The third kappa shape index (κ3) is 3.76. The fraction of sp³-hybridized carbons (Fsp3) is 0.588. The van der Waals surface area contributed by atoms with E-state index in [2.05, 4.69) is 12.2 Å².